The van der Waals surface area contributed by atoms with Gasteiger partial charge in [0.05, 0.1) is 34.1 Å². The Morgan fingerprint density at radius 2 is 1.74 bits per heavy atom. The Kier molecular flexibility index (Phi) is 5.04. The fraction of sp³-hybridized carbons (Fsp3) is 0.217. The number of amides is 2. The fourth-order valence-electron chi connectivity index (χ4n) is 4.86. The second-order valence-corrected chi connectivity index (χ2v) is 8.25. The lowest BCUT2D eigenvalue weighted by molar-refractivity contribution is -0.384. The average Bonchev–Trinajstić information content (AvgIpc) is 3.30. The van der Waals surface area contributed by atoms with Crippen LogP contribution in [0.25, 0.3) is 0 Å². The molecule has 4 atom stereocenters. The standard InChI is InChI=1S/C23H15F3N4O5/c24-23(25,26)13-5-2-6-14(11-13)28-21(32)17-16-8-3-9-27-29(16)19(18(17)22(28)33)20(31)12-4-1-7-15(10-12)30(34)35/h1-11,16-19H/t16-,17+,18-,19+/m1/s1. The van der Waals surface area contributed by atoms with Gasteiger partial charge in [0.25, 0.3) is 5.69 Å². The number of hydrazone groups is 1. The van der Waals surface area contributed by atoms with Crippen molar-refractivity contribution >= 4 is 35.2 Å². The number of carbonyl (C=O) groups is 3. The van der Waals surface area contributed by atoms with Crippen LogP contribution in [0.1, 0.15) is 15.9 Å². The molecular formula is C23H15F3N4O5. The molecule has 35 heavy (non-hydrogen) atoms. The van der Waals surface area contributed by atoms with Crippen molar-refractivity contribution in [2.24, 2.45) is 16.9 Å². The Bertz CT molecular complexity index is 1340. The van der Waals surface area contributed by atoms with E-state index >= 15 is 0 Å². The number of non-ortho nitro benzene ring substituents is 1. The summed E-state index contributed by atoms with van der Waals surface area (Å²) in [5.41, 5.74) is -1.66. The van der Waals surface area contributed by atoms with E-state index in [1.807, 2.05) is 0 Å². The maximum Gasteiger partial charge on any atom is 0.416 e. The molecule has 0 radical (unpaired) electrons. The number of imide groups is 1. The molecule has 0 saturated carbocycles. The number of Topliss-reactive ketones (excluding diaryl/α,β-unsaturated/α-hetero) is 1. The minimum atomic E-state index is -4.68. The maximum absolute atomic E-state index is 13.5. The Morgan fingerprint density at radius 1 is 1.03 bits per heavy atom. The van der Waals surface area contributed by atoms with Gasteiger partial charge in [0.1, 0.15) is 6.04 Å². The number of hydrogen-bond acceptors (Lipinski definition) is 7. The smallest absolute Gasteiger partial charge is 0.292 e. The number of nitro benzene ring substituents is 1. The number of hydrogen-bond donors (Lipinski definition) is 0. The van der Waals surface area contributed by atoms with Crippen molar-refractivity contribution in [3.05, 3.63) is 81.9 Å². The van der Waals surface area contributed by atoms with Crippen LogP contribution in [-0.4, -0.2) is 45.8 Å². The summed E-state index contributed by atoms with van der Waals surface area (Å²) in [6.45, 7) is 0. The molecule has 2 fully saturated rings. The summed E-state index contributed by atoms with van der Waals surface area (Å²) in [5.74, 6) is -4.55. The lowest BCUT2D eigenvalue weighted by Crippen LogP contribution is -2.46. The highest BCUT2D eigenvalue weighted by Gasteiger charge is 2.64. The van der Waals surface area contributed by atoms with Crippen molar-refractivity contribution in [1.82, 2.24) is 5.01 Å². The molecule has 0 aromatic heterocycles. The van der Waals surface area contributed by atoms with Crippen molar-refractivity contribution in [1.29, 1.82) is 0 Å². The van der Waals surface area contributed by atoms with Gasteiger partial charge in [0.2, 0.25) is 11.8 Å². The Hall–Kier alpha value is -4.35. The first-order valence-corrected chi connectivity index (χ1v) is 10.4. The van der Waals surface area contributed by atoms with E-state index in [2.05, 4.69) is 5.10 Å². The van der Waals surface area contributed by atoms with Crippen LogP contribution < -0.4 is 4.90 Å². The van der Waals surface area contributed by atoms with Gasteiger partial charge in [-0.1, -0.05) is 24.3 Å². The second kappa shape index (κ2) is 7.86. The highest BCUT2D eigenvalue weighted by atomic mass is 19.4. The molecule has 0 aliphatic carbocycles. The minimum absolute atomic E-state index is 0.0499. The van der Waals surface area contributed by atoms with Crippen molar-refractivity contribution in [3.63, 3.8) is 0 Å². The van der Waals surface area contributed by atoms with Crippen LogP contribution in [-0.2, 0) is 15.8 Å². The van der Waals surface area contributed by atoms with E-state index in [0.29, 0.717) is 11.0 Å². The normalized spacial score (nSPS) is 25.1. The number of anilines is 1. The molecule has 2 amide bonds. The van der Waals surface area contributed by atoms with Gasteiger partial charge in [0, 0.05) is 23.9 Å². The Morgan fingerprint density at radius 3 is 2.46 bits per heavy atom. The second-order valence-electron chi connectivity index (χ2n) is 8.25. The third-order valence-electron chi connectivity index (χ3n) is 6.33. The van der Waals surface area contributed by atoms with E-state index in [1.165, 1.54) is 35.5 Å². The molecular weight excluding hydrogens is 469 g/mol. The number of fused-ring (bicyclic) bond motifs is 3. The summed E-state index contributed by atoms with van der Waals surface area (Å²) in [5, 5.41) is 16.6. The number of allylic oxidation sites excluding steroid dienone is 1. The lowest BCUT2D eigenvalue weighted by atomic mass is 9.86. The number of halogens is 3. The summed E-state index contributed by atoms with van der Waals surface area (Å²) in [6.07, 6.45) is -0.171. The minimum Gasteiger partial charge on any atom is -0.292 e. The third-order valence-corrected chi connectivity index (χ3v) is 6.33. The topological polar surface area (TPSA) is 113 Å². The number of nitro groups is 1. The van der Waals surface area contributed by atoms with Gasteiger partial charge in [-0.25, -0.2) is 4.90 Å². The highest BCUT2D eigenvalue weighted by Crippen LogP contribution is 2.46. The maximum atomic E-state index is 13.5. The number of nitrogens with zero attached hydrogens (tertiary/aromatic N) is 4. The number of alkyl halides is 3. The largest absolute Gasteiger partial charge is 0.416 e. The number of ketones is 1. The number of benzene rings is 2. The average molecular weight is 484 g/mol. The summed E-state index contributed by atoms with van der Waals surface area (Å²) in [4.78, 5) is 51.5. The summed E-state index contributed by atoms with van der Waals surface area (Å²) >= 11 is 0. The van der Waals surface area contributed by atoms with Crippen LogP contribution in [0.3, 0.4) is 0 Å². The molecule has 178 valence electrons. The van der Waals surface area contributed by atoms with Crippen LogP contribution in [0.2, 0.25) is 0 Å². The van der Waals surface area contributed by atoms with Crippen LogP contribution in [0.5, 0.6) is 0 Å². The molecule has 0 spiro atoms. The first kappa shape index (κ1) is 22.4. The highest BCUT2D eigenvalue weighted by molar-refractivity contribution is 6.24. The zero-order valence-corrected chi connectivity index (χ0v) is 17.6. The third kappa shape index (κ3) is 3.49. The number of rotatable bonds is 4. The molecule has 2 aromatic rings. The van der Waals surface area contributed by atoms with Gasteiger partial charge >= 0.3 is 6.18 Å². The molecule has 9 nitrogen and oxygen atoms in total. The lowest BCUT2D eigenvalue weighted by Gasteiger charge is -2.30. The SMILES string of the molecule is O=C(c1cccc([N+](=O)[O-])c1)[C@@H]1[C@@H]2C(=O)N(c3cccc(C(F)(F)F)c3)C(=O)[C@H]2[C@H]2C=CC=NN21. The molecule has 0 unspecified atom stereocenters. The molecule has 12 heteroatoms. The van der Waals surface area contributed by atoms with Crippen LogP contribution >= 0.6 is 0 Å². The van der Waals surface area contributed by atoms with Gasteiger partial charge in [-0.15, -0.1) is 0 Å². The molecule has 5 rings (SSSR count). The first-order valence-electron chi connectivity index (χ1n) is 10.4. The molecule has 0 bridgehead atoms. The molecule has 0 N–H and O–H groups in total. The van der Waals surface area contributed by atoms with Crippen molar-refractivity contribution in [2.45, 2.75) is 18.3 Å². The van der Waals surface area contributed by atoms with Gasteiger partial charge in [-0.2, -0.15) is 18.3 Å². The predicted molar refractivity (Wildman–Crippen MR) is 115 cm³/mol. The van der Waals surface area contributed by atoms with E-state index in [1.54, 1.807) is 12.2 Å². The van der Waals surface area contributed by atoms with Crippen molar-refractivity contribution < 1.29 is 32.5 Å². The van der Waals surface area contributed by atoms with Crippen LogP contribution in [0, 0.1) is 22.0 Å². The van der Waals surface area contributed by atoms with Crippen molar-refractivity contribution in [2.75, 3.05) is 4.90 Å². The molecule has 3 heterocycles. The molecule has 2 aromatic carbocycles. The summed E-state index contributed by atoms with van der Waals surface area (Å²) in [6, 6.07) is 6.73. The Labute approximate surface area is 195 Å². The first-order chi connectivity index (χ1) is 16.6. The van der Waals surface area contributed by atoms with Crippen LogP contribution in [0.15, 0.2) is 65.8 Å². The van der Waals surface area contributed by atoms with Gasteiger partial charge < -0.3 is 0 Å². The van der Waals surface area contributed by atoms with Crippen LogP contribution in [0.4, 0.5) is 24.5 Å². The summed E-state index contributed by atoms with van der Waals surface area (Å²) in [7, 11) is 0. The quantitative estimate of drug-likeness (QED) is 0.285. The zero-order chi connectivity index (χ0) is 25.1. The van der Waals surface area contributed by atoms with E-state index in [0.717, 1.165) is 18.2 Å². The van der Waals surface area contributed by atoms with Gasteiger partial charge in [-0.3, -0.25) is 29.5 Å². The molecule has 3 aliphatic heterocycles. The molecule has 3 aliphatic rings. The van der Waals surface area contributed by atoms with E-state index < -0.39 is 58.2 Å². The van der Waals surface area contributed by atoms with Gasteiger partial charge in [0.15, 0.2) is 5.78 Å². The monoisotopic (exact) mass is 484 g/mol. The van der Waals surface area contributed by atoms with E-state index in [-0.39, 0.29) is 16.9 Å². The van der Waals surface area contributed by atoms with Crippen molar-refractivity contribution in [3.8, 4) is 0 Å². The van der Waals surface area contributed by atoms with E-state index in [4.69, 9.17) is 0 Å². The van der Waals surface area contributed by atoms with Gasteiger partial charge in [-0.05, 0) is 24.3 Å². The van der Waals surface area contributed by atoms with E-state index in [9.17, 15) is 37.7 Å². The summed E-state index contributed by atoms with van der Waals surface area (Å²) < 4.78 is 39.7. The predicted octanol–water partition coefficient (Wildman–Crippen LogP) is 3.21. The fourth-order valence-corrected chi connectivity index (χ4v) is 4.86. The number of carbonyl (C=O) groups excluding carboxylic acids is 3. The Balaban J connectivity index is 1.57. The zero-order valence-electron chi connectivity index (χ0n) is 17.6. The molecule has 2 saturated heterocycles.